The van der Waals surface area contributed by atoms with Crippen molar-refractivity contribution in [3.8, 4) is 5.75 Å². The van der Waals surface area contributed by atoms with Crippen molar-refractivity contribution in [2.75, 3.05) is 34.0 Å². The molecule has 0 saturated heterocycles. The second-order valence-electron chi connectivity index (χ2n) is 3.64. The van der Waals surface area contributed by atoms with E-state index >= 15 is 0 Å². The van der Waals surface area contributed by atoms with Gasteiger partial charge in [0.25, 0.3) is 0 Å². The summed E-state index contributed by atoms with van der Waals surface area (Å²) in [6.07, 6.45) is 0. The van der Waals surface area contributed by atoms with Gasteiger partial charge in [-0.2, -0.15) is 0 Å². The molecule has 100 valence electrons. The van der Waals surface area contributed by atoms with E-state index in [9.17, 15) is 9.90 Å². The van der Waals surface area contributed by atoms with E-state index in [0.717, 1.165) is 0 Å². The van der Waals surface area contributed by atoms with E-state index in [0.29, 0.717) is 24.5 Å². The molecule has 0 fully saturated rings. The molecule has 0 radical (unpaired) electrons. The summed E-state index contributed by atoms with van der Waals surface area (Å²) < 4.78 is 15.1. The van der Waals surface area contributed by atoms with Crippen molar-refractivity contribution in [1.29, 1.82) is 0 Å². The number of ether oxygens (including phenoxy) is 3. The van der Waals surface area contributed by atoms with Gasteiger partial charge in [0.1, 0.15) is 18.3 Å². The van der Waals surface area contributed by atoms with E-state index in [1.165, 1.54) is 7.11 Å². The highest BCUT2D eigenvalue weighted by Gasteiger charge is 2.23. The molecule has 5 nitrogen and oxygen atoms in total. The first-order valence-corrected chi connectivity index (χ1v) is 5.64. The predicted octanol–water partition coefficient (Wildman–Crippen LogP) is 0.961. The molecule has 0 amide bonds. The Labute approximate surface area is 106 Å². The molecule has 0 spiro atoms. The SMILES string of the molecule is COCCOc1ccccc1C(CO)C(=O)OC. The maximum atomic E-state index is 11.6. The first kappa shape index (κ1) is 14.5. The van der Waals surface area contributed by atoms with Gasteiger partial charge in [0.15, 0.2) is 0 Å². The van der Waals surface area contributed by atoms with E-state index in [-0.39, 0.29) is 6.61 Å². The second-order valence-corrected chi connectivity index (χ2v) is 3.64. The molecule has 0 heterocycles. The van der Waals surface area contributed by atoms with E-state index in [4.69, 9.17) is 9.47 Å². The zero-order chi connectivity index (χ0) is 13.4. The van der Waals surface area contributed by atoms with Gasteiger partial charge in [-0.3, -0.25) is 4.79 Å². The Morgan fingerprint density at radius 3 is 2.61 bits per heavy atom. The number of rotatable bonds is 7. The average molecular weight is 254 g/mol. The lowest BCUT2D eigenvalue weighted by atomic mass is 9.99. The third-order valence-corrected chi connectivity index (χ3v) is 2.51. The number of carbonyl (C=O) groups excluding carboxylic acids is 1. The largest absolute Gasteiger partial charge is 0.491 e. The summed E-state index contributed by atoms with van der Waals surface area (Å²) in [4.78, 5) is 11.6. The van der Waals surface area contributed by atoms with Crippen LogP contribution in [0.15, 0.2) is 24.3 Å². The lowest BCUT2D eigenvalue weighted by Crippen LogP contribution is -2.19. The lowest BCUT2D eigenvalue weighted by Gasteiger charge is -2.16. The summed E-state index contributed by atoms with van der Waals surface area (Å²) in [6.45, 7) is 0.514. The number of esters is 1. The number of hydrogen-bond acceptors (Lipinski definition) is 5. The molecular weight excluding hydrogens is 236 g/mol. The van der Waals surface area contributed by atoms with Crippen LogP contribution in [0.4, 0.5) is 0 Å². The highest BCUT2D eigenvalue weighted by molar-refractivity contribution is 5.79. The van der Waals surface area contributed by atoms with Crippen molar-refractivity contribution < 1.29 is 24.1 Å². The number of hydrogen-bond donors (Lipinski definition) is 1. The number of methoxy groups -OCH3 is 2. The van der Waals surface area contributed by atoms with Crippen molar-refractivity contribution in [1.82, 2.24) is 0 Å². The molecule has 1 aromatic carbocycles. The van der Waals surface area contributed by atoms with Crippen LogP contribution < -0.4 is 4.74 Å². The van der Waals surface area contributed by atoms with Gasteiger partial charge >= 0.3 is 5.97 Å². The van der Waals surface area contributed by atoms with Gasteiger partial charge in [-0.1, -0.05) is 18.2 Å². The highest BCUT2D eigenvalue weighted by atomic mass is 16.5. The van der Waals surface area contributed by atoms with Crippen molar-refractivity contribution in [3.05, 3.63) is 29.8 Å². The maximum absolute atomic E-state index is 11.6. The maximum Gasteiger partial charge on any atom is 0.315 e. The summed E-state index contributed by atoms with van der Waals surface area (Å²) >= 11 is 0. The van der Waals surface area contributed by atoms with E-state index in [1.807, 2.05) is 0 Å². The van der Waals surface area contributed by atoms with Crippen LogP contribution >= 0.6 is 0 Å². The number of carbonyl (C=O) groups is 1. The Morgan fingerprint density at radius 2 is 2.00 bits per heavy atom. The summed E-state index contributed by atoms with van der Waals surface area (Å²) in [6, 6.07) is 7.07. The van der Waals surface area contributed by atoms with Gasteiger partial charge in [-0.25, -0.2) is 0 Å². The summed E-state index contributed by atoms with van der Waals surface area (Å²) in [5.74, 6) is -0.659. The third kappa shape index (κ3) is 3.72. The third-order valence-electron chi connectivity index (χ3n) is 2.51. The minimum atomic E-state index is -0.728. The number of aliphatic hydroxyl groups excluding tert-OH is 1. The summed E-state index contributed by atoms with van der Waals surface area (Å²) in [5.41, 5.74) is 0.614. The minimum absolute atomic E-state index is 0.322. The zero-order valence-electron chi connectivity index (χ0n) is 10.6. The van der Waals surface area contributed by atoms with Gasteiger partial charge in [0, 0.05) is 12.7 Å². The molecular formula is C13H18O5. The first-order valence-electron chi connectivity index (χ1n) is 5.64. The van der Waals surface area contributed by atoms with Crippen molar-refractivity contribution >= 4 is 5.97 Å². The van der Waals surface area contributed by atoms with E-state index in [1.54, 1.807) is 31.4 Å². The molecule has 0 bridgehead atoms. The van der Waals surface area contributed by atoms with Crippen LogP contribution in [0.25, 0.3) is 0 Å². The fourth-order valence-electron chi connectivity index (χ4n) is 1.58. The second kappa shape index (κ2) is 7.68. The summed E-state index contributed by atoms with van der Waals surface area (Å²) in [5, 5.41) is 9.30. The normalized spacial score (nSPS) is 11.9. The minimum Gasteiger partial charge on any atom is -0.491 e. The predicted molar refractivity (Wildman–Crippen MR) is 65.7 cm³/mol. The molecule has 0 aromatic heterocycles. The van der Waals surface area contributed by atoms with Gasteiger partial charge in [0.2, 0.25) is 0 Å². The van der Waals surface area contributed by atoms with Gasteiger partial charge in [-0.15, -0.1) is 0 Å². The van der Waals surface area contributed by atoms with Crippen LogP contribution in [0.2, 0.25) is 0 Å². The quantitative estimate of drug-likeness (QED) is 0.580. The van der Waals surface area contributed by atoms with Crippen molar-refractivity contribution in [2.45, 2.75) is 5.92 Å². The molecule has 1 N–H and O–H groups in total. The molecule has 0 aliphatic carbocycles. The van der Waals surface area contributed by atoms with Crippen LogP contribution in [-0.4, -0.2) is 45.1 Å². The van der Waals surface area contributed by atoms with Crippen LogP contribution in [0.5, 0.6) is 5.75 Å². The highest BCUT2D eigenvalue weighted by Crippen LogP contribution is 2.27. The average Bonchev–Trinajstić information content (AvgIpc) is 2.41. The number of benzene rings is 1. The molecule has 1 unspecified atom stereocenters. The summed E-state index contributed by atoms with van der Waals surface area (Å²) in [7, 11) is 2.87. The van der Waals surface area contributed by atoms with E-state index < -0.39 is 11.9 Å². The zero-order valence-corrected chi connectivity index (χ0v) is 10.6. The molecule has 1 rings (SSSR count). The van der Waals surface area contributed by atoms with Gasteiger partial charge in [0.05, 0.1) is 20.3 Å². The van der Waals surface area contributed by atoms with Crippen LogP contribution in [-0.2, 0) is 14.3 Å². The Bertz CT molecular complexity index is 377. The lowest BCUT2D eigenvalue weighted by molar-refractivity contribution is -0.143. The molecule has 1 aromatic rings. The fourth-order valence-corrected chi connectivity index (χ4v) is 1.58. The number of aliphatic hydroxyl groups is 1. The smallest absolute Gasteiger partial charge is 0.315 e. The Morgan fingerprint density at radius 1 is 1.28 bits per heavy atom. The topological polar surface area (TPSA) is 65.0 Å². The van der Waals surface area contributed by atoms with Crippen molar-refractivity contribution in [3.63, 3.8) is 0 Å². The Hall–Kier alpha value is -1.59. The van der Waals surface area contributed by atoms with Gasteiger partial charge < -0.3 is 19.3 Å². The van der Waals surface area contributed by atoms with Crippen LogP contribution in [0, 0.1) is 0 Å². The molecule has 0 aliphatic rings. The molecule has 18 heavy (non-hydrogen) atoms. The molecule has 0 saturated carbocycles. The first-order chi connectivity index (χ1) is 8.74. The van der Waals surface area contributed by atoms with Crippen LogP contribution in [0.1, 0.15) is 11.5 Å². The molecule has 5 heteroatoms. The van der Waals surface area contributed by atoms with Gasteiger partial charge in [-0.05, 0) is 6.07 Å². The molecule has 1 atom stereocenters. The Kier molecular flexibility index (Phi) is 6.18. The van der Waals surface area contributed by atoms with E-state index in [2.05, 4.69) is 4.74 Å². The number of para-hydroxylation sites is 1. The Balaban J connectivity index is 2.88. The molecule has 0 aliphatic heterocycles. The fraction of sp³-hybridized carbons (Fsp3) is 0.462. The monoisotopic (exact) mass is 254 g/mol. The standard InChI is InChI=1S/C13H18O5/c1-16-7-8-18-12-6-4-3-5-10(12)11(9-14)13(15)17-2/h3-6,11,14H,7-9H2,1-2H3. The van der Waals surface area contributed by atoms with Crippen LogP contribution in [0.3, 0.4) is 0 Å². The van der Waals surface area contributed by atoms with Crippen molar-refractivity contribution in [2.24, 2.45) is 0 Å².